The maximum atomic E-state index is 14.1. The summed E-state index contributed by atoms with van der Waals surface area (Å²) in [5, 5.41) is 2.92. The third kappa shape index (κ3) is 6.32. The third-order valence-corrected chi connectivity index (χ3v) is 6.49. The second-order valence-corrected chi connectivity index (χ2v) is 9.87. The fraction of sp³-hybridized carbons (Fsp3) is 0.207. The van der Waals surface area contributed by atoms with Crippen molar-refractivity contribution in [3.05, 3.63) is 101 Å². The van der Waals surface area contributed by atoms with Crippen LogP contribution in [0.15, 0.2) is 89.4 Å². The Morgan fingerprint density at radius 1 is 0.892 bits per heavy atom. The number of hydrogen-bond donors (Lipinski definition) is 1. The van der Waals surface area contributed by atoms with E-state index in [-0.39, 0.29) is 11.6 Å². The molecule has 0 saturated carbocycles. The van der Waals surface area contributed by atoms with Crippen LogP contribution in [0.1, 0.15) is 22.3 Å². The zero-order chi connectivity index (χ0) is 26.6. The zero-order valence-corrected chi connectivity index (χ0v) is 22.1. The summed E-state index contributed by atoms with van der Waals surface area (Å²) < 4.78 is 44.6. The Labute approximate surface area is 222 Å². The van der Waals surface area contributed by atoms with Gasteiger partial charge in [-0.1, -0.05) is 52.3 Å². The summed E-state index contributed by atoms with van der Waals surface area (Å²) in [4.78, 5) is 14.8. The van der Waals surface area contributed by atoms with Crippen LogP contribution in [0.4, 0.5) is 13.2 Å². The molecule has 0 spiro atoms. The van der Waals surface area contributed by atoms with Gasteiger partial charge >= 0.3 is 6.18 Å². The Kier molecular flexibility index (Phi) is 8.19. The minimum absolute atomic E-state index is 0.0199. The molecule has 0 aliphatic heterocycles. The first-order valence-electron chi connectivity index (χ1n) is 11.8. The summed E-state index contributed by atoms with van der Waals surface area (Å²) in [6.07, 6.45) is -3.73. The van der Waals surface area contributed by atoms with Gasteiger partial charge in [0.25, 0.3) is 5.91 Å². The maximum absolute atomic E-state index is 14.1. The Hall–Kier alpha value is -3.36. The van der Waals surface area contributed by atoms with Gasteiger partial charge in [0.2, 0.25) is 0 Å². The summed E-state index contributed by atoms with van der Waals surface area (Å²) in [6, 6.07) is 23.5. The van der Waals surface area contributed by atoms with E-state index in [1.807, 2.05) is 43.3 Å². The lowest BCUT2D eigenvalue weighted by molar-refractivity contribution is -0.137. The molecule has 1 N–H and O–H groups in total. The molecule has 0 radical (unpaired) electrons. The Balaban J connectivity index is 1.80. The highest BCUT2D eigenvalue weighted by Gasteiger charge is 2.34. The highest BCUT2D eigenvalue weighted by Crippen LogP contribution is 2.39. The van der Waals surface area contributed by atoms with Crippen molar-refractivity contribution < 1.29 is 18.0 Å². The first kappa shape index (κ1) is 26.7. The molecule has 4 nitrogen and oxygen atoms in total. The van der Waals surface area contributed by atoms with E-state index in [9.17, 15) is 18.0 Å². The molecule has 0 bridgehead atoms. The van der Waals surface area contributed by atoms with E-state index in [0.29, 0.717) is 29.1 Å². The van der Waals surface area contributed by atoms with Crippen LogP contribution in [0.2, 0.25) is 0 Å². The molecule has 3 aromatic carbocycles. The van der Waals surface area contributed by atoms with Crippen molar-refractivity contribution in [2.45, 2.75) is 12.6 Å². The predicted octanol–water partition coefficient (Wildman–Crippen LogP) is 7.27. The molecule has 4 rings (SSSR count). The fourth-order valence-corrected chi connectivity index (χ4v) is 4.46. The fourth-order valence-electron chi connectivity index (χ4n) is 4.19. The van der Waals surface area contributed by atoms with E-state index in [0.717, 1.165) is 29.1 Å². The van der Waals surface area contributed by atoms with Crippen LogP contribution in [0.3, 0.4) is 0 Å². The molecule has 0 aliphatic rings. The Bertz CT molecular complexity index is 1380. The van der Waals surface area contributed by atoms with Gasteiger partial charge in [-0.15, -0.1) is 0 Å². The number of alkyl halides is 3. The van der Waals surface area contributed by atoms with Crippen molar-refractivity contribution in [2.75, 3.05) is 27.2 Å². The molecule has 1 heterocycles. The van der Waals surface area contributed by atoms with Crippen molar-refractivity contribution in [2.24, 2.45) is 0 Å². The van der Waals surface area contributed by atoms with Crippen LogP contribution in [0.25, 0.3) is 28.2 Å². The molecule has 192 valence electrons. The third-order valence-electron chi connectivity index (χ3n) is 5.96. The largest absolute Gasteiger partial charge is 0.418 e. The van der Waals surface area contributed by atoms with Gasteiger partial charge in [0.05, 0.1) is 22.6 Å². The van der Waals surface area contributed by atoms with E-state index in [4.69, 9.17) is 0 Å². The second-order valence-electron chi connectivity index (χ2n) is 8.95. The van der Waals surface area contributed by atoms with Gasteiger partial charge in [0.1, 0.15) is 0 Å². The lowest BCUT2D eigenvalue weighted by atomic mass is 10.1. The van der Waals surface area contributed by atoms with Crippen LogP contribution in [-0.2, 0) is 6.18 Å². The van der Waals surface area contributed by atoms with Gasteiger partial charge in [-0.25, -0.2) is 0 Å². The Morgan fingerprint density at radius 2 is 1.57 bits per heavy atom. The number of carbonyl (C=O) groups excluding carboxylic acids is 1. The molecule has 0 saturated heterocycles. The van der Waals surface area contributed by atoms with Crippen LogP contribution < -0.4 is 5.32 Å². The summed E-state index contributed by atoms with van der Waals surface area (Å²) >= 11 is 3.42. The van der Waals surface area contributed by atoms with Crippen molar-refractivity contribution in [1.29, 1.82) is 0 Å². The molecule has 37 heavy (non-hydrogen) atoms. The average Bonchev–Trinajstić information content (AvgIpc) is 3.31. The topological polar surface area (TPSA) is 37.3 Å². The normalized spacial score (nSPS) is 11.6. The zero-order valence-electron chi connectivity index (χ0n) is 20.5. The number of aromatic nitrogens is 1. The first-order valence-corrected chi connectivity index (χ1v) is 12.6. The number of carbonyl (C=O) groups is 1. The molecule has 0 fully saturated rings. The lowest BCUT2D eigenvalue weighted by Crippen LogP contribution is -2.27. The van der Waals surface area contributed by atoms with Gasteiger partial charge in [0.15, 0.2) is 0 Å². The molecule has 0 aliphatic carbocycles. The number of hydrogen-bond acceptors (Lipinski definition) is 2. The number of halogens is 4. The van der Waals surface area contributed by atoms with Gasteiger partial charge < -0.3 is 14.8 Å². The van der Waals surface area contributed by atoms with Crippen LogP contribution in [0.5, 0.6) is 0 Å². The quantitative estimate of drug-likeness (QED) is 0.226. The lowest BCUT2D eigenvalue weighted by Gasteiger charge is -2.19. The van der Waals surface area contributed by atoms with E-state index in [1.54, 1.807) is 47.0 Å². The predicted molar refractivity (Wildman–Crippen MR) is 145 cm³/mol. The Morgan fingerprint density at radius 3 is 2.24 bits per heavy atom. The molecule has 8 heteroatoms. The summed E-state index contributed by atoms with van der Waals surface area (Å²) in [5.74, 6) is -0.220. The molecular formula is C29H27BrF3N3O. The smallest absolute Gasteiger partial charge is 0.352 e. The molecule has 0 atom stereocenters. The number of benzene rings is 3. The number of nitrogens with one attached hydrogen (secondary N) is 1. The van der Waals surface area contributed by atoms with Gasteiger partial charge in [-0.3, -0.25) is 4.79 Å². The van der Waals surface area contributed by atoms with Gasteiger partial charge in [-0.2, -0.15) is 13.2 Å². The van der Waals surface area contributed by atoms with E-state index in [2.05, 4.69) is 21.2 Å². The number of nitrogens with zero attached hydrogens (tertiary/aromatic N) is 2. The summed E-state index contributed by atoms with van der Waals surface area (Å²) in [6.45, 7) is 1.38. The van der Waals surface area contributed by atoms with Crippen molar-refractivity contribution in [3.8, 4) is 28.2 Å². The van der Waals surface area contributed by atoms with Gasteiger partial charge in [0, 0.05) is 16.6 Å². The monoisotopic (exact) mass is 569 g/mol. The molecule has 1 amide bonds. The molecule has 1 aromatic heterocycles. The summed E-state index contributed by atoms with van der Waals surface area (Å²) in [7, 11) is 3.94. The van der Waals surface area contributed by atoms with Crippen LogP contribution in [0, 0.1) is 0 Å². The van der Waals surface area contributed by atoms with Crippen LogP contribution >= 0.6 is 15.9 Å². The number of amides is 1. The van der Waals surface area contributed by atoms with E-state index >= 15 is 0 Å². The SMILES string of the molecule is CN(C)CCCNC(=O)c1cccc(-c2ccc(-c3ccc(Br)cc3)n2-c2ccccc2C(F)(F)F)c1. The van der Waals surface area contributed by atoms with E-state index < -0.39 is 11.7 Å². The minimum Gasteiger partial charge on any atom is -0.352 e. The number of para-hydroxylation sites is 1. The van der Waals surface area contributed by atoms with Crippen molar-refractivity contribution >= 4 is 21.8 Å². The maximum Gasteiger partial charge on any atom is 0.418 e. The standard InChI is InChI=1S/C29H27BrF3N3O/c1-35(2)18-6-17-34-28(37)22-8-5-7-21(19-22)26-16-15-25(20-11-13-23(30)14-12-20)36(26)27-10-4-3-9-24(27)29(31,32)33/h3-5,7-16,19H,6,17-18H2,1-2H3,(H,34,37). The van der Waals surface area contributed by atoms with Crippen molar-refractivity contribution in [3.63, 3.8) is 0 Å². The van der Waals surface area contributed by atoms with E-state index in [1.165, 1.54) is 12.1 Å². The molecule has 4 aromatic rings. The molecular weight excluding hydrogens is 543 g/mol. The first-order chi connectivity index (χ1) is 17.6. The minimum atomic E-state index is -4.54. The van der Waals surface area contributed by atoms with Gasteiger partial charge in [-0.05, 0) is 86.7 Å². The second kappa shape index (κ2) is 11.4. The highest BCUT2D eigenvalue weighted by atomic mass is 79.9. The summed E-state index contributed by atoms with van der Waals surface area (Å²) in [5.41, 5.74) is 2.30. The number of rotatable bonds is 8. The molecule has 0 unspecified atom stereocenters. The highest BCUT2D eigenvalue weighted by molar-refractivity contribution is 9.10. The average molecular weight is 570 g/mol. The van der Waals surface area contributed by atoms with Crippen molar-refractivity contribution in [1.82, 2.24) is 14.8 Å². The van der Waals surface area contributed by atoms with Crippen LogP contribution in [-0.4, -0.2) is 42.6 Å².